The Morgan fingerprint density at radius 2 is 0.836 bits per heavy atom. The van der Waals surface area contributed by atoms with Crippen molar-refractivity contribution in [1.29, 1.82) is 0 Å². The van der Waals surface area contributed by atoms with Crippen molar-refractivity contribution in [2.45, 2.75) is 0 Å². The quantitative estimate of drug-likeness (QED) is 0.168. The summed E-state index contributed by atoms with van der Waals surface area (Å²) in [5, 5.41) is 10.0. The van der Waals surface area contributed by atoms with Gasteiger partial charge in [-0.05, 0) is 92.0 Å². The molecule has 4 nitrogen and oxygen atoms in total. The van der Waals surface area contributed by atoms with Crippen molar-refractivity contribution < 1.29 is 0 Å². The fourth-order valence-corrected chi connectivity index (χ4v) is 8.22. The van der Waals surface area contributed by atoms with Crippen LogP contribution in [0.5, 0.6) is 0 Å². The molecule has 0 saturated heterocycles. The molecule has 0 aliphatic heterocycles. The summed E-state index contributed by atoms with van der Waals surface area (Å²) in [6, 6.07) is 68.8. The van der Waals surface area contributed by atoms with Gasteiger partial charge in [0.25, 0.3) is 0 Å². The number of hydrogen-bond acceptors (Lipinski definition) is 3. The van der Waals surface area contributed by atoms with E-state index in [1.54, 1.807) is 0 Å². The zero-order valence-electron chi connectivity index (χ0n) is 29.8. The molecule has 0 unspecified atom stereocenters. The Kier molecular flexibility index (Phi) is 7.14. The normalized spacial score (nSPS) is 11.6. The molecule has 0 aliphatic carbocycles. The van der Waals surface area contributed by atoms with Crippen molar-refractivity contribution in [3.8, 4) is 51.0 Å². The van der Waals surface area contributed by atoms with Crippen LogP contribution in [0.25, 0.3) is 105 Å². The summed E-state index contributed by atoms with van der Waals surface area (Å²) in [5.41, 5.74) is 8.70. The second kappa shape index (κ2) is 12.6. The molecule has 0 fully saturated rings. The molecule has 55 heavy (non-hydrogen) atoms. The van der Waals surface area contributed by atoms with E-state index < -0.39 is 0 Å². The van der Waals surface area contributed by atoms with Crippen LogP contribution in [0, 0.1) is 0 Å². The molecular formula is C51H32N4. The van der Waals surface area contributed by atoms with E-state index in [4.69, 9.17) is 15.0 Å². The van der Waals surface area contributed by atoms with E-state index in [0.29, 0.717) is 17.5 Å². The molecule has 2 heterocycles. The van der Waals surface area contributed by atoms with Crippen molar-refractivity contribution in [3.63, 3.8) is 0 Å². The summed E-state index contributed by atoms with van der Waals surface area (Å²) >= 11 is 0. The standard InChI is InChI=1S/C51H32N4/c1-3-13-34(14-4-1)49-52-50(35-15-5-2-6-16-35)54-51(53-49)36-25-28-39(29-26-36)55-46-22-12-11-21-43(46)48-45-32-38(24-23-33(45)27-30-47(48)55)44-31-37-17-7-8-18-40(37)41-19-9-10-20-42(41)44/h1-32H. The Morgan fingerprint density at radius 3 is 1.53 bits per heavy atom. The molecule has 0 radical (unpaired) electrons. The molecule has 0 N–H and O–H groups in total. The second-order valence-corrected chi connectivity index (χ2v) is 14.0. The van der Waals surface area contributed by atoms with Crippen LogP contribution in [-0.4, -0.2) is 19.5 Å². The van der Waals surface area contributed by atoms with Gasteiger partial charge in [-0.25, -0.2) is 15.0 Å². The average Bonchev–Trinajstić information content (AvgIpc) is 3.61. The third-order valence-corrected chi connectivity index (χ3v) is 10.8. The highest BCUT2D eigenvalue weighted by molar-refractivity contribution is 6.22. The summed E-state index contributed by atoms with van der Waals surface area (Å²) in [7, 11) is 0. The van der Waals surface area contributed by atoms with Gasteiger partial charge in [0, 0.05) is 33.2 Å². The highest BCUT2D eigenvalue weighted by Crippen LogP contribution is 2.41. The van der Waals surface area contributed by atoms with Crippen LogP contribution in [0.1, 0.15) is 0 Å². The van der Waals surface area contributed by atoms with E-state index in [2.05, 4.69) is 138 Å². The maximum Gasteiger partial charge on any atom is 0.164 e. The fourth-order valence-electron chi connectivity index (χ4n) is 8.22. The summed E-state index contributed by atoms with van der Waals surface area (Å²) in [6.07, 6.45) is 0. The fraction of sp³-hybridized carbons (Fsp3) is 0. The van der Waals surface area contributed by atoms with Gasteiger partial charge in [-0.1, -0.05) is 146 Å². The number of aromatic nitrogens is 4. The Hall–Kier alpha value is -7.43. The highest BCUT2D eigenvalue weighted by atomic mass is 15.0. The smallest absolute Gasteiger partial charge is 0.164 e. The van der Waals surface area contributed by atoms with Crippen molar-refractivity contribution in [2.24, 2.45) is 0 Å². The third-order valence-electron chi connectivity index (χ3n) is 10.8. The van der Waals surface area contributed by atoms with Crippen molar-refractivity contribution in [3.05, 3.63) is 194 Å². The summed E-state index contributed by atoms with van der Waals surface area (Å²) in [5.74, 6) is 1.94. The van der Waals surface area contributed by atoms with Crippen LogP contribution in [0.15, 0.2) is 194 Å². The van der Waals surface area contributed by atoms with Crippen molar-refractivity contribution >= 4 is 54.1 Å². The number of fused-ring (bicyclic) bond motifs is 8. The first-order valence-corrected chi connectivity index (χ1v) is 18.6. The van der Waals surface area contributed by atoms with Crippen molar-refractivity contribution in [2.75, 3.05) is 0 Å². The predicted molar refractivity (Wildman–Crippen MR) is 228 cm³/mol. The maximum atomic E-state index is 4.97. The molecule has 0 spiro atoms. The van der Waals surface area contributed by atoms with E-state index in [0.717, 1.165) is 27.9 Å². The van der Waals surface area contributed by atoms with Gasteiger partial charge in [-0.15, -0.1) is 0 Å². The van der Waals surface area contributed by atoms with E-state index in [1.165, 1.54) is 59.7 Å². The minimum absolute atomic E-state index is 0.640. The van der Waals surface area contributed by atoms with Gasteiger partial charge in [0.2, 0.25) is 0 Å². The van der Waals surface area contributed by atoms with Gasteiger partial charge in [0.15, 0.2) is 17.5 Å². The molecule has 0 aliphatic rings. The third kappa shape index (κ3) is 5.19. The molecule has 256 valence electrons. The van der Waals surface area contributed by atoms with Crippen LogP contribution < -0.4 is 0 Å². The zero-order valence-corrected chi connectivity index (χ0v) is 29.8. The van der Waals surface area contributed by atoms with Crippen LogP contribution in [0.3, 0.4) is 0 Å². The summed E-state index contributed by atoms with van der Waals surface area (Å²) in [6.45, 7) is 0. The summed E-state index contributed by atoms with van der Waals surface area (Å²) in [4.78, 5) is 14.8. The van der Waals surface area contributed by atoms with E-state index in [1.807, 2.05) is 60.7 Å². The average molecular weight is 701 g/mol. The van der Waals surface area contributed by atoms with Gasteiger partial charge in [0.05, 0.1) is 11.0 Å². The lowest BCUT2D eigenvalue weighted by Crippen LogP contribution is -2.00. The molecular weight excluding hydrogens is 669 g/mol. The molecule has 0 amide bonds. The largest absolute Gasteiger partial charge is 0.309 e. The highest BCUT2D eigenvalue weighted by Gasteiger charge is 2.17. The number of nitrogens with zero attached hydrogens (tertiary/aromatic N) is 4. The first-order valence-electron chi connectivity index (χ1n) is 18.6. The second-order valence-electron chi connectivity index (χ2n) is 14.0. The topological polar surface area (TPSA) is 43.6 Å². The minimum Gasteiger partial charge on any atom is -0.309 e. The Balaban J connectivity index is 1.07. The number of hydrogen-bond donors (Lipinski definition) is 0. The van der Waals surface area contributed by atoms with Crippen LogP contribution in [-0.2, 0) is 0 Å². The molecule has 0 atom stereocenters. The lowest BCUT2D eigenvalue weighted by molar-refractivity contribution is 1.07. The number of para-hydroxylation sites is 1. The SMILES string of the molecule is c1ccc(-c2nc(-c3ccccc3)nc(-c3ccc(-n4c5ccccc5c5c6cc(-c7cc8ccccc8c8ccccc78)ccc6ccc54)cc3)n2)cc1. The van der Waals surface area contributed by atoms with Crippen LogP contribution in [0.4, 0.5) is 0 Å². The summed E-state index contributed by atoms with van der Waals surface area (Å²) < 4.78 is 2.38. The van der Waals surface area contributed by atoms with Gasteiger partial charge >= 0.3 is 0 Å². The Labute approximate surface area is 317 Å². The number of rotatable bonds is 5. The Morgan fingerprint density at radius 1 is 0.309 bits per heavy atom. The van der Waals surface area contributed by atoms with Crippen LogP contribution >= 0.6 is 0 Å². The molecule has 11 aromatic rings. The molecule has 0 bridgehead atoms. The van der Waals surface area contributed by atoms with Gasteiger partial charge < -0.3 is 4.57 Å². The molecule has 11 rings (SSSR count). The zero-order chi connectivity index (χ0) is 36.3. The van der Waals surface area contributed by atoms with E-state index in [-0.39, 0.29) is 0 Å². The molecule has 0 saturated carbocycles. The lowest BCUT2D eigenvalue weighted by Gasteiger charge is -2.13. The van der Waals surface area contributed by atoms with Gasteiger partial charge in [-0.2, -0.15) is 0 Å². The molecule has 9 aromatic carbocycles. The monoisotopic (exact) mass is 700 g/mol. The maximum absolute atomic E-state index is 4.97. The number of benzene rings is 9. The predicted octanol–water partition coefficient (Wildman–Crippen LogP) is 13.1. The Bertz CT molecular complexity index is 3180. The lowest BCUT2D eigenvalue weighted by atomic mass is 9.91. The first kappa shape index (κ1) is 31.1. The molecule has 4 heteroatoms. The van der Waals surface area contributed by atoms with E-state index in [9.17, 15) is 0 Å². The van der Waals surface area contributed by atoms with Gasteiger partial charge in [0.1, 0.15) is 0 Å². The van der Waals surface area contributed by atoms with E-state index >= 15 is 0 Å². The van der Waals surface area contributed by atoms with Gasteiger partial charge in [-0.3, -0.25) is 0 Å². The minimum atomic E-state index is 0.640. The first-order chi connectivity index (χ1) is 27.3. The molecule has 2 aromatic heterocycles. The van der Waals surface area contributed by atoms with Crippen molar-refractivity contribution in [1.82, 2.24) is 19.5 Å². The van der Waals surface area contributed by atoms with Crippen LogP contribution in [0.2, 0.25) is 0 Å².